The number of hydrogen-bond acceptors (Lipinski definition) is 2. The maximum Gasteiger partial charge on any atom is 0.0462 e. The predicted molar refractivity (Wildman–Crippen MR) is 76.1 cm³/mol. The van der Waals surface area contributed by atoms with Gasteiger partial charge in [-0.3, -0.25) is 0 Å². The highest BCUT2D eigenvalue weighted by Crippen LogP contribution is 2.35. The zero-order valence-electron chi connectivity index (χ0n) is 11.6. The summed E-state index contributed by atoms with van der Waals surface area (Å²) in [7, 11) is 3.87. The van der Waals surface area contributed by atoms with Crippen molar-refractivity contribution < 1.29 is 4.74 Å². The van der Waals surface area contributed by atoms with Crippen LogP contribution < -0.4 is 5.32 Å². The van der Waals surface area contributed by atoms with Crippen molar-refractivity contribution >= 4 is 0 Å². The second-order valence-corrected chi connectivity index (χ2v) is 5.23. The first-order valence-electron chi connectivity index (χ1n) is 7.11. The topological polar surface area (TPSA) is 21.3 Å². The molecule has 18 heavy (non-hydrogen) atoms. The first-order valence-corrected chi connectivity index (χ1v) is 7.11. The molecule has 2 atom stereocenters. The molecule has 1 aromatic carbocycles. The summed E-state index contributed by atoms with van der Waals surface area (Å²) in [6.07, 6.45) is 6.23. The highest BCUT2D eigenvalue weighted by Gasteiger charge is 2.26. The van der Waals surface area contributed by atoms with Crippen molar-refractivity contribution in [1.82, 2.24) is 5.32 Å². The molecular weight excluding hydrogens is 222 g/mol. The Bertz CT molecular complexity index is 364. The van der Waals surface area contributed by atoms with E-state index in [2.05, 4.69) is 36.6 Å². The van der Waals surface area contributed by atoms with Gasteiger partial charge in [0.25, 0.3) is 0 Å². The molecule has 0 aromatic heterocycles. The number of likely N-dealkylation sites (N-methyl/N-ethyl adjacent to an activating group) is 1. The van der Waals surface area contributed by atoms with Crippen LogP contribution >= 0.6 is 0 Å². The highest BCUT2D eigenvalue weighted by molar-refractivity contribution is 5.33. The fraction of sp³-hybridized carbons (Fsp3) is 0.625. The van der Waals surface area contributed by atoms with Crippen LogP contribution in [0.1, 0.15) is 42.7 Å². The summed E-state index contributed by atoms with van der Waals surface area (Å²) < 4.78 is 5.17. The summed E-state index contributed by atoms with van der Waals surface area (Å²) in [5.74, 6) is 0.678. The average Bonchev–Trinajstić information content (AvgIpc) is 2.43. The minimum absolute atomic E-state index is 0.585. The molecule has 2 nitrogen and oxygen atoms in total. The Morgan fingerprint density at radius 3 is 3.00 bits per heavy atom. The van der Waals surface area contributed by atoms with E-state index in [4.69, 9.17) is 4.74 Å². The predicted octanol–water partition coefficient (Wildman–Crippen LogP) is 3.12. The lowest BCUT2D eigenvalue weighted by Gasteiger charge is -2.32. The van der Waals surface area contributed by atoms with Crippen molar-refractivity contribution in [2.24, 2.45) is 0 Å². The molecule has 2 rings (SSSR count). The molecule has 2 unspecified atom stereocenters. The lowest BCUT2D eigenvalue weighted by molar-refractivity contribution is 0.186. The van der Waals surface area contributed by atoms with Crippen molar-refractivity contribution in [3.05, 3.63) is 35.4 Å². The molecule has 100 valence electrons. The number of ether oxygens (including phenoxy) is 1. The monoisotopic (exact) mass is 247 g/mol. The normalized spacial score (nSPS) is 20.4. The second-order valence-electron chi connectivity index (χ2n) is 5.23. The van der Waals surface area contributed by atoms with Gasteiger partial charge < -0.3 is 10.1 Å². The number of rotatable bonds is 6. The van der Waals surface area contributed by atoms with Gasteiger partial charge in [-0.25, -0.2) is 0 Å². The van der Waals surface area contributed by atoms with Crippen LogP contribution in [0.4, 0.5) is 0 Å². The molecule has 2 heteroatoms. The van der Waals surface area contributed by atoms with Crippen LogP contribution in [0.2, 0.25) is 0 Å². The Morgan fingerprint density at radius 1 is 1.39 bits per heavy atom. The van der Waals surface area contributed by atoms with Crippen LogP contribution in [0.15, 0.2) is 24.3 Å². The zero-order chi connectivity index (χ0) is 12.8. The molecule has 1 aliphatic rings. The largest absolute Gasteiger partial charge is 0.385 e. The van der Waals surface area contributed by atoms with Crippen LogP contribution in [0.3, 0.4) is 0 Å². The van der Waals surface area contributed by atoms with E-state index in [1.54, 1.807) is 18.2 Å². The fourth-order valence-corrected chi connectivity index (χ4v) is 3.20. The molecule has 0 aliphatic heterocycles. The van der Waals surface area contributed by atoms with Gasteiger partial charge in [-0.15, -0.1) is 0 Å². The quantitative estimate of drug-likeness (QED) is 0.780. The molecule has 0 spiro atoms. The van der Waals surface area contributed by atoms with Crippen LogP contribution in [0, 0.1) is 0 Å². The van der Waals surface area contributed by atoms with Crippen molar-refractivity contribution in [2.75, 3.05) is 20.8 Å². The Kier molecular flexibility index (Phi) is 5.21. The minimum atomic E-state index is 0.585. The van der Waals surface area contributed by atoms with E-state index in [1.807, 2.05) is 0 Å². The summed E-state index contributed by atoms with van der Waals surface area (Å²) in [6.45, 7) is 0.868. The van der Waals surface area contributed by atoms with E-state index < -0.39 is 0 Å². The summed E-state index contributed by atoms with van der Waals surface area (Å²) in [6, 6.07) is 9.55. The van der Waals surface area contributed by atoms with Crippen LogP contribution in [0.25, 0.3) is 0 Å². The average molecular weight is 247 g/mol. The van der Waals surface area contributed by atoms with Gasteiger partial charge in [0, 0.05) is 19.8 Å². The van der Waals surface area contributed by atoms with Gasteiger partial charge in [-0.05, 0) is 56.2 Å². The van der Waals surface area contributed by atoms with Gasteiger partial charge in [0.1, 0.15) is 0 Å². The Morgan fingerprint density at radius 2 is 2.22 bits per heavy atom. The van der Waals surface area contributed by atoms with E-state index in [0.717, 1.165) is 13.0 Å². The first-order chi connectivity index (χ1) is 8.86. The number of aryl methyl sites for hydroxylation is 1. The fourth-order valence-electron chi connectivity index (χ4n) is 3.20. The Hall–Kier alpha value is -0.860. The van der Waals surface area contributed by atoms with Crippen molar-refractivity contribution in [1.29, 1.82) is 0 Å². The van der Waals surface area contributed by atoms with Gasteiger partial charge in [0.05, 0.1) is 0 Å². The number of hydrogen-bond donors (Lipinski definition) is 1. The van der Waals surface area contributed by atoms with Gasteiger partial charge in [-0.2, -0.15) is 0 Å². The third kappa shape index (κ3) is 3.12. The minimum Gasteiger partial charge on any atom is -0.385 e. The maximum atomic E-state index is 5.17. The van der Waals surface area contributed by atoms with E-state index >= 15 is 0 Å². The van der Waals surface area contributed by atoms with Crippen LogP contribution in [-0.4, -0.2) is 26.8 Å². The third-order valence-electron chi connectivity index (χ3n) is 4.14. The zero-order valence-corrected chi connectivity index (χ0v) is 11.6. The number of benzene rings is 1. The lowest BCUT2D eigenvalue weighted by Crippen LogP contribution is -2.34. The van der Waals surface area contributed by atoms with E-state index in [1.165, 1.54) is 25.7 Å². The van der Waals surface area contributed by atoms with Crippen molar-refractivity contribution in [3.63, 3.8) is 0 Å². The Labute approximate surface area is 111 Å². The molecule has 0 radical (unpaired) electrons. The molecule has 0 saturated heterocycles. The summed E-state index contributed by atoms with van der Waals surface area (Å²) >= 11 is 0. The number of fused-ring (bicyclic) bond motifs is 1. The van der Waals surface area contributed by atoms with E-state index in [0.29, 0.717) is 12.0 Å². The van der Waals surface area contributed by atoms with Crippen molar-refractivity contribution in [2.45, 2.75) is 44.1 Å². The summed E-state index contributed by atoms with van der Waals surface area (Å²) in [5.41, 5.74) is 3.13. The van der Waals surface area contributed by atoms with Gasteiger partial charge in [0.2, 0.25) is 0 Å². The van der Waals surface area contributed by atoms with Gasteiger partial charge in [-0.1, -0.05) is 24.3 Å². The molecule has 0 saturated carbocycles. The number of methoxy groups -OCH3 is 1. The second kappa shape index (κ2) is 6.91. The van der Waals surface area contributed by atoms with Gasteiger partial charge in [0.15, 0.2) is 0 Å². The maximum absolute atomic E-state index is 5.17. The van der Waals surface area contributed by atoms with Gasteiger partial charge >= 0.3 is 0 Å². The van der Waals surface area contributed by atoms with Crippen LogP contribution in [0.5, 0.6) is 0 Å². The Balaban J connectivity index is 2.07. The molecule has 0 heterocycles. The molecule has 0 amide bonds. The van der Waals surface area contributed by atoms with Crippen molar-refractivity contribution in [3.8, 4) is 0 Å². The molecule has 1 aromatic rings. The molecule has 0 fully saturated rings. The smallest absolute Gasteiger partial charge is 0.0462 e. The van der Waals surface area contributed by atoms with Crippen LogP contribution in [-0.2, 0) is 11.2 Å². The molecule has 1 N–H and O–H groups in total. The standard InChI is InChI=1S/C16H25NO/c1-17-16(11-6-12-18-2)15-10-5-8-13-7-3-4-9-14(13)15/h3-4,7,9,15-17H,5-6,8,10-12H2,1-2H3. The SMILES string of the molecule is CNC(CCCOC)C1CCCc2ccccc21. The number of nitrogens with one attached hydrogen (secondary N) is 1. The van der Waals surface area contributed by atoms with E-state index in [-0.39, 0.29) is 0 Å². The molecular formula is C16H25NO. The first kappa shape index (κ1) is 13.6. The lowest BCUT2D eigenvalue weighted by atomic mass is 9.77. The third-order valence-corrected chi connectivity index (χ3v) is 4.14. The highest BCUT2D eigenvalue weighted by atomic mass is 16.5. The molecule has 1 aliphatic carbocycles. The van der Waals surface area contributed by atoms with E-state index in [9.17, 15) is 0 Å². The molecule has 0 bridgehead atoms. The summed E-state index contributed by atoms with van der Waals surface area (Å²) in [4.78, 5) is 0. The summed E-state index contributed by atoms with van der Waals surface area (Å²) in [5, 5.41) is 3.52.